The summed E-state index contributed by atoms with van der Waals surface area (Å²) in [5, 5.41) is 4.86. The standard InChI is InChI=1S/C17H21N3/c1-2-4-17-13(3-1)5-6-15(19-17)12-20-10-8-16-14(11-20)7-9-18-16/h1-6,14,16,18H,7-12H2. The third-order valence-corrected chi connectivity index (χ3v) is 4.78. The molecule has 0 amide bonds. The maximum absolute atomic E-state index is 4.80. The normalized spacial score (nSPS) is 26.8. The van der Waals surface area contributed by atoms with E-state index in [1.807, 2.05) is 0 Å². The second kappa shape index (κ2) is 5.15. The van der Waals surface area contributed by atoms with Gasteiger partial charge in [-0.15, -0.1) is 0 Å². The number of para-hydroxylation sites is 1. The summed E-state index contributed by atoms with van der Waals surface area (Å²) in [7, 11) is 0. The number of benzene rings is 1. The van der Waals surface area contributed by atoms with Crippen molar-refractivity contribution in [2.45, 2.75) is 25.4 Å². The van der Waals surface area contributed by atoms with Gasteiger partial charge in [-0.25, -0.2) is 0 Å². The molecule has 2 fully saturated rings. The third-order valence-electron chi connectivity index (χ3n) is 4.78. The molecule has 20 heavy (non-hydrogen) atoms. The van der Waals surface area contributed by atoms with Crippen LogP contribution in [0.2, 0.25) is 0 Å². The van der Waals surface area contributed by atoms with Gasteiger partial charge < -0.3 is 5.32 Å². The number of fused-ring (bicyclic) bond motifs is 2. The lowest BCUT2D eigenvalue weighted by Gasteiger charge is -2.34. The maximum atomic E-state index is 4.80. The first-order chi connectivity index (χ1) is 9.88. The molecular weight excluding hydrogens is 246 g/mol. The second-order valence-corrected chi connectivity index (χ2v) is 6.13. The first-order valence-electron chi connectivity index (χ1n) is 7.69. The minimum absolute atomic E-state index is 0.774. The molecule has 2 atom stereocenters. The van der Waals surface area contributed by atoms with E-state index in [-0.39, 0.29) is 0 Å². The highest BCUT2D eigenvalue weighted by molar-refractivity contribution is 5.78. The Hall–Kier alpha value is -1.45. The summed E-state index contributed by atoms with van der Waals surface area (Å²) in [6.07, 6.45) is 2.63. The van der Waals surface area contributed by atoms with Crippen molar-refractivity contribution in [3.05, 3.63) is 42.1 Å². The van der Waals surface area contributed by atoms with Gasteiger partial charge in [0.15, 0.2) is 0 Å². The lowest BCUT2D eigenvalue weighted by atomic mass is 9.93. The molecule has 3 heterocycles. The van der Waals surface area contributed by atoms with Gasteiger partial charge in [-0.1, -0.05) is 24.3 Å². The number of nitrogens with zero attached hydrogens (tertiary/aromatic N) is 2. The van der Waals surface area contributed by atoms with E-state index < -0.39 is 0 Å². The Labute approximate surface area is 120 Å². The van der Waals surface area contributed by atoms with Crippen LogP contribution in [0.1, 0.15) is 18.5 Å². The second-order valence-electron chi connectivity index (χ2n) is 6.13. The van der Waals surface area contributed by atoms with Crippen molar-refractivity contribution in [3.63, 3.8) is 0 Å². The smallest absolute Gasteiger partial charge is 0.0705 e. The van der Waals surface area contributed by atoms with E-state index in [1.165, 1.54) is 43.6 Å². The van der Waals surface area contributed by atoms with Crippen LogP contribution in [-0.4, -0.2) is 35.6 Å². The fourth-order valence-electron chi connectivity index (χ4n) is 3.69. The SMILES string of the molecule is c1ccc2nc(CN3CCC4NCCC4C3)ccc2c1. The molecule has 0 spiro atoms. The minimum Gasteiger partial charge on any atom is -0.314 e. The van der Waals surface area contributed by atoms with Gasteiger partial charge in [0.2, 0.25) is 0 Å². The zero-order valence-electron chi connectivity index (χ0n) is 11.8. The molecule has 0 aliphatic carbocycles. The molecule has 3 heteroatoms. The van der Waals surface area contributed by atoms with Crippen molar-refractivity contribution < 1.29 is 0 Å². The number of hydrogen-bond donors (Lipinski definition) is 1. The highest BCUT2D eigenvalue weighted by Gasteiger charge is 2.32. The third kappa shape index (κ3) is 2.32. The van der Waals surface area contributed by atoms with Crippen LogP contribution >= 0.6 is 0 Å². The lowest BCUT2D eigenvalue weighted by Crippen LogP contribution is -2.44. The van der Waals surface area contributed by atoms with Crippen LogP contribution in [-0.2, 0) is 6.54 Å². The molecule has 4 rings (SSSR count). The Bertz CT molecular complexity index is 610. The number of hydrogen-bond acceptors (Lipinski definition) is 3. The van der Waals surface area contributed by atoms with Gasteiger partial charge in [-0.2, -0.15) is 0 Å². The van der Waals surface area contributed by atoms with Crippen LogP contribution in [0.3, 0.4) is 0 Å². The largest absolute Gasteiger partial charge is 0.314 e. The molecule has 1 N–H and O–H groups in total. The van der Waals surface area contributed by atoms with Crippen LogP contribution in [0.25, 0.3) is 10.9 Å². The van der Waals surface area contributed by atoms with Crippen LogP contribution in [0.15, 0.2) is 36.4 Å². The number of piperidine rings is 1. The molecule has 3 nitrogen and oxygen atoms in total. The topological polar surface area (TPSA) is 28.2 Å². The fourth-order valence-corrected chi connectivity index (χ4v) is 3.69. The average Bonchev–Trinajstić information content (AvgIpc) is 2.95. The number of pyridine rings is 1. The average molecular weight is 267 g/mol. The number of rotatable bonds is 2. The van der Waals surface area contributed by atoms with Gasteiger partial charge >= 0.3 is 0 Å². The Morgan fingerprint density at radius 3 is 3.10 bits per heavy atom. The quantitative estimate of drug-likeness (QED) is 0.905. The van der Waals surface area contributed by atoms with Crippen molar-refractivity contribution in [1.82, 2.24) is 15.2 Å². The van der Waals surface area contributed by atoms with Crippen LogP contribution in [0.5, 0.6) is 0 Å². The van der Waals surface area contributed by atoms with Crippen molar-refractivity contribution >= 4 is 10.9 Å². The number of nitrogens with one attached hydrogen (secondary N) is 1. The van der Waals surface area contributed by atoms with Crippen LogP contribution < -0.4 is 5.32 Å². The Kier molecular flexibility index (Phi) is 3.17. The number of aromatic nitrogens is 1. The molecule has 2 saturated heterocycles. The van der Waals surface area contributed by atoms with Crippen LogP contribution in [0.4, 0.5) is 0 Å². The molecule has 0 radical (unpaired) electrons. The highest BCUT2D eigenvalue weighted by Crippen LogP contribution is 2.25. The van der Waals surface area contributed by atoms with E-state index >= 15 is 0 Å². The summed E-state index contributed by atoms with van der Waals surface area (Å²) in [5.74, 6) is 0.851. The summed E-state index contributed by atoms with van der Waals surface area (Å²) >= 11 is 0. The Balaban J connectivity index is 1.49. The molecule has 2 aliphatic rings. The first-order valence-corrected chi connectivity index (χ1v) is 7.69. The van der Waals surface area contributed by atoms with Gasteiger partial charge in [-0.05, 0) is 37.4 Å². The van der Waals surface area contributed by atoms with E-state index in [9.17, 15) is 0 Å². The van der Waals surface area contributed by atoms with Gasteiger partial charge in [0.1, 0.15) is 0 Å². The molecule has 0 saturated carbocycles. The monoisotopic (exact) mass is 267 g/mol. The van der Waals surface area contributed by atoms with E-state index in [2.05, 4.69) is 46.6 Å². The van der Waals surface area contributed by atoms with Crippen molar-refractivity contribution in [3.8, 4) is 0 Å². The molecule has 1 aromatic carbocycles. The molecule has 2 aliphatic heterocycles. The summed E-state index contributed by atoms with van der Waals surface area (Å²) in [6.45, 7) is 4.63. The molecule has 0 bridgehead atoms. The van der Waals surface area contributed by atoms with Gasteiger partial charge in [0, 0.05) is 31.1 Å². The van der Waals surface area contributed by atoms with Crippen molar-refractivity contribution in [2.75, 3.05) is 19.6 Å². The molecule has 2 aromatic rings. The zero-order chi connectivity index (χ0) is 13.4. The van der Waals surface area contributed by atoms with Gasteiger partial charge in [-0.3, -0.25) is 9.88 Å². The predicted molar refractivity (Wildman–Crippen MR) is 81.5 cm³/mol. The lowest BCUT2D eigenvalue weighted by molar-refractivity contribution is 0.154. The first kappa shape index (κ1) is 12.3. The molecule has 1 aromatic heterocycles. The summed E-state index contributed by atoms with van der Waals surface area (Å²) in [5.41, 5.74) is 2.32. The van der Waals surface area contributed by atoms with Gasteiger partial charge in [0.05, 0.1) is 11.2 Å². The van der Waals surface area contributed by atoms with Crippen molar-refractivity contribution in [2.24, 2.45) is 5.92 Å². The molecule has 2 unspecified atom stereocenters. The van der Waals surface area contributed by atoms with E-state index in [0.29, 0.717) is 0 Å². The fraction of sp³-hybridized carbons (Fsp3) is 0.471. The summed E-state index contributed by atoms with van der Waals surface area (Å²) in [4.78, 5) is 7.37. The van der Waals surface area contributed by atoms with E-state index in [1.54, 1.807) is 0 Å². The zero-order valence-corrected chi connectivity index (χ0v) is 11.8. The highest BCUT2D eigenvalue weighted by atomic mass is 15.2. The molecular formula is C17H21N3. The predicted octanol–water partition coefficient (Wildman–Crippen LogP) is 2.42. The van der Waals surface area contributed by atoms with E-state index in [0.717, 1.165) is 24.0 Å². The summed E-state index contributed by atoms with van der Waals surface area (Å²) < 4.78 is 0. The number of likely N-dealkylation sites (tertiary alicyclic amines) is 1. The minimum atomic E-state index is 0.774. The van der Waals surface area contributed by atoms with Gasteiger partial charge in [0.25, 0.3) is 0 Å². The van der Waals surface area contributed by atoms with Crippen molar-refractivity contribution in [1.29, 1.82) is 0 Å². The molecule has 104 valence electrons. The maximum Gasteiger partial charge on any atom is 0.0705 e. The Morgan fingerprint density at radius 1 is 1.15 bits per heavy atom. The Morgan fingerprint density at radius 2 is 2.10 bits per heavy atom. The summed E-state index contributed by atoms with van der Waals surface area (Å²) in [6, 6.07) is 13.5. The van der Waals surface area contributed by atoms with E-state index in [4.69, 9.17) is 4.98 Å². The van der Waals surface area contributed by atoms with Crippen LogP contribution in [0, 0.1) is 5.92 Å².